The average Bonchev–Trinajstić information content (AvgIpc) is 3.22. The maximum Gasteiger partial charge on any atom is 0.416 e. The van der Waals surface area contributed by atoms with E-state index in [2.05, 4.69) is 10.1 Å². The van der Waals surface area contributed by atoms with Gasteiger partial charge in [0.2, 0.25) is 0 Å². The quantitative estimate of drug-likeness (QED) is 0.608. The van der Waals surface area contributed by atoms with E-state index in [4.69, 9.17) is 23.1 Å². The predicted molar refractivity (Wildman–Crippen MR) is 105 cm³/mol. The number of benzene rings is 1. The summed E-state index contributed by atoms with van der Waals surface area (Å²) >= 11 is 7.38. The molecule has 11 heteroatoms. The van der Waals surface area contributed by atoms with Crippen LogP contribution in [0.25, 0.3) is 11.4 Å². The van der Waals surface area contributed by atoms with Gasteiger partial charge in [0.15, 0.2) is 5.82 Å². The normalized spacial score (nSPS) is 12.9. The molecule has 0 radical (unpaired) electrons. The van der Waals surface area contributed by atoms with Crippen LogP contribution in [-0.4, -0.2) is 27.2 Å². The number of hydrogen-bond acceptors (Lipinski definition) is 5. The third kappa shape index (κ3) is 4.29. The molecular formula is C18H17ClF3N5OS. The Bertz CT molecular complexity index is 1050. The molecule has 29 heavy (non-hydrogen) atoms. The van der Waals surface area contributed by atoms with Gasteiger partial charge < -0.3 is 11.5 Å². The maximum atomic E-state index is 13.1. The molecular weight excluding hydrogens is 427 g/mol. The van der Waals surface area contributed by atoms with Crippen LogP contribution >= 0.6 is 22.9 Å². The standard InChI is InChI=1S/C18H17ClF3N5OS/c1-27-17(25-8-26-27)13-12(14(16(24)28)29-15(13)19)10(7-23)5-9-3-2-4-11(6-9)18(20,21)22/h2-4,6,8,10H,5,7,23H2,1H3,(H2,24,28)/t10-/m1/s1. The highest BCUT2D eigenvalue weighted by Gasteiger charge is 2.32. The molecule has 2 aromatic heterocycles. The fourth-order valence-electron chi connectivity index (χ4n) is 3.18. The van der Waals surface area contributed by atoms with Gasteiger partial charge in [0.25, 0.3) is 5.91 Å². The van der Waals surface area contributed by atoms with Gasteiger partial charge in [-0.1, -0.05) is 29.8 Å². The molecule has 0 unspecified atom stereocenters. The number of amides is 1. The van der Waals surface area contributed by atoms with Gasteiger partial charge in [0.1, 0.15) is 10.7 Å². The van der Waals surface area contributed by atoms with Gasteiger partial charge >= 0.3 is 6.18 Å². The number of carbonyl (C=O) groups excluding carboxylic acids is 1. The van der Waals surface area contributed by atoms with Crippen LogP contribution < -0.4 is 11.5 Å². The van der Waals surface area contributed by atoms with Crippen molar-refractivity contribution in [3.63, 3.8) is 0 Å². The van der Waals surface area contributed by atoms with Crippen molar-refractivity contribution in [1.29, 1.82) is 0 Å². The van der Waals surface area contributed by atoms with Crippen LogP contribution in [0, 0.1) is 0 Å². The Balaban J connectivity index is 2.10. The van der Waals surface area contributed by atoms with E-state index in [-0.39, 0.29) is 22.2 Å². The highest BCUT2D eigenvalue weighted by molar-refractivity contribution is 7.18. The highest BCUT2D eigenvalue weighted by atomic mass is 35.5. The number of nitrogens with zero attached hydrogens (tertiary/aromatic N) is 3. The minimum atomic E-state index is -4.46. The molecule has 1 atom stereocenters. The summed E-state index contributed by atoms with van der Waals surface area (Å²) in [5.74, 6) is -0.782. The minimum absolute atomic E-state index is 0.0639. The molecule has 154 valence electrons. The van der Waals surface area contributed by atoms with Crippen LogP contribution in [0.4, 0.5) is 13.2 Å². The van der Waals surface area contributed by atoms with Gasteiger partial charge in [-0.2, -0.15) is 18.3 Å². The molecule has 1 aromatic carbocycles. The van der Waals surface area contributed by atoms with E-state index < -0.39 is 23.6 Å². The lowest BCUT2D eigenvalue weighted by atomic mass is 9.88. The number of nitrogens with two attached hydrogens (primary N) is 2. The highest BCUT2D eigenvalue weighted by Crippen LogP contribution is 2.43. The Morgan fingerprint density at radius 2 is 2.10 bits per heavy atom. The Morgan fingerprint density at radius 1 is 1.38 bits per heavy atom. The van der Waals surface area contributed by atoms with E-state index in [0.717, 1.165) is 23.5 Å². The number of primary amides is 1. The molecule has 0 spiro atoms. The molecule has 2 heterocycles. The van der Waals surface area contributed by atoms with Crippen LogP contribution in [0.15, 0.2) is 30.6 Å². The molecule has 3 rings (SSSR count). The first-order valence-corrected chi connectivity index (χ1v) is 9.65. The Hall–Kier alpha value is -2.43. The second-order valence-corrected chi connectivity index (χ2v) is 8.02. The molecule has 0 fully saturated rings. The lowest BCUT2D eigenvalue weighted by Gasteiger charge is -2.18. The molecule has 4 N–H and O–H groups in total. The molecule has 0 bridgehead atoms. The van der Waals surface area contributed by atoms with E-state index >= 15 is 0 Å². The van der Waals surface area contributed by atoms with E-state index in [1.54, 1.807) is 13.1 Å². The monoisotopic (exact) mass is 443 g/mol. The largest absolute Gasteiger partial charge is 0.416 e. The number of alkyl halides is 3. The van der Waals surface area contributed by atoms with Gasteiger partial charge in [-0.3, -0.25) is 4.79 Å². The topological polar surface area (TPSA) is 99.8 Å². The summed E-state index contributed by atoms with van der Waals surface area (Å²) in [6, 6.07) is 4.99. The first-order chi connectivity index (χ1) is 13.6. The first kappa shape index (κ1) is 21.3. The average molecular weight is 444 g/mol. The summed E-state index contributed by atoms with van der Waals surface area (Å²) in [7, 11) is 1.66. The summed E-state index contributed by atoms with van der Waals surface area (Å²) in [5, 5.41) is 4.02. The third-order valence-electron chi connectivity index (χ3n) is 4.49. The summed E-state index contributed by atoms with van der Waals surface area (Å²) in [6.45, 7) is 0.0639. The zero-order chi connectivity index (χ0) is 21.3. The minimum Gasteiger partial charge on any atom is -0.365 e. The Labute approximate surface area is 173 Å². The van der Waals surface area contributed by atoms with Crippen molar-refractivity contribution in [2.24, 2.45) is 18.5 Å². The van der Waals surface area contributed by atoms with Crippen molar-refractivity contribution in [1.82, 2.24) is 14.8 Å². The van der Waals surface area contributed by atoms with Crippen LogP contribution in [0.5, 0.6) is 0 Å². The van der Waals surface area contributed by atoms with Crippen molar-refractivity contribution in [2.45, 2.75) is 18.5 Å². The number of thiophene rings is 1. The summed E-state index contributed by atoms with van der Waals surface area (Å²) in [6.07, 6.45) is -2.96. The molecule has 1 amide bonds. The van der Waals surface area contributed by atoms with Crippen LogP contribution in [0.3, 0.4) is 0 Å². The molecule has 0 aliphatic carbocycles. The van der Waals surface area contributed by atoms with E-state index in [9.17, 15) is 18.0 Å². The van der Waals surface area contributed by atoms with Crippen molar-refractivity contribution in [3.05, 3.63) is 56.5 Å². The number of rotatable bonds is 6. The lowest BCUT2D eigenvalue weighted by molar-refractivity contribution is -0.137. The summed E-state index contributed by atoms with van der Waals surface area (Å²) in [5.41, 5.74) is 12.1. The zero-order valence-corrected chi connectivity index (χ0v) is 16.8. The van der Waals surface area contributed by atoms with Gasteiger partial charge in [0, 0.05) is 13.0 Å². The number of hydrogen-bond donors (Lipinski definition) is 2. The second kappa shape index (κ2) is 8.13. The Morgan fingerprint density at radius 3 is 2.66 bits per heavy atom. The second-order valence-electron chi connectivity index (χ2n) is 6.40. The molecule has 0 aliphatic rings. The maximum absolute atomic E-state index is 13.1. The van der Waals surface area contributed by atoms with Crippen molar-refractivity contribution in [2.75, 3.05) is 6.54 Å². The molecule has 0 saturated heterocycles. The molecule has 0 saturated carbocycles. The number of carbonyl (C=O) groups is 1. The fourth-order valence-corrected chi connectivity index (χ4v) is 4.56. The van der Waals surface area contributed by atoms with Gasteiger partial charge in [0.05, 0.1) is 16.0 Å². The SMILES string of the molecule is Cn1ncnc1-c1c(Cl)sc(C(N)=O)c1[C@@H](CN)Cc1cccc(C(F)(F)F)c1. The van der Waals surface area contributed by atoms with Crippen LogP contribution in [0.1, 0.15) is 32.3 Å². The van der Waals surface area contributed by atoms with Crippen molar-refractivity contribution >= 4 is 28.8 Å². The molecule has 3 aromatic rings. The summed E-state index contributed by atoms with van der Waals surface area (Å²) in [4.78, 5) is 16.4. The van der Waals surface area contributed by atoms with Gasteiger partial charge in [-0.05, 0) is 30.2 Å². The molecule has 0 aliphatic heterocycles. The van der Waals surface area contributed by atoms with Gasteiger partial charge in [-0.15, -0.1) is 11.3 Å². The van der Waals surface area contributed by atoms with Crippen LogP contribution in [0.2, 0.25) is 4.34 Å². The number of aromatic nitrogens is 3. The molecule has 6 nitrogen and oxygen atoms in total. The first-order valence-electron chi connectivity index (χ1n) is 8.46. The number of aryl methyl sites for hydroxylation is 1. The van der Waals surface area contributed by atoms with Crippen molar-refractivity contribution < 1.29 is 18.0 Å². The van der Waals surface area contributed by atoms with E-state index in [1.807, 2.05) is 0 Å². The predicted octanol–water partition coefficient (Wildman–Crippen LogP) is 3.60. The summed E-state index contributed by atoms with van der Waals surface area (Å²) < 4.78 is 40.9. The van der Waals surface area contributed by atoms with Crippen LogP contribution in [-0.2, 0) is 19.6 Å². The van der Waals surface area contributed by atoms with Crippen molar-refractivity contribution in [3.8, 4) is 11.4 Å². The fraction of sp³-hybridized carbons (Fsp3) is 0.278. The van der Waals surface area contributed by atoms with E-state index in [0.29, 0.717) is 22.5 Å². The van der Waals surface area contributed by atoms with Gasteiger partial charge in [-0.25, -0.2) is 9.67 Å². The Kier molecular flexibility index (Phi) is 5.97. The lowest BCUT2D eigenvalue weighted by Crippen LogP contribution is -2.20. The number of halogens is 4. The third-order valence-corrected chi connectivity index (χ3v) is 5.92. The zero-order valence-electron chi connectivity index (χ0n) is 15.2. The van der Waals surface area contributed by atoms with E-state index in [1.165, 1.54) is 17.1 Å². The smallest absolute Gasteiger partial charge is 0.365 e.